The number of rotatable bonds is 3. The van der Waals surface area contributed by atoms with Crippen LogP contribution in [0.1, 0.15) is 11.1 Å². The lowest BCUT2D eigenvalue weighted by atomic mass is 10.0. The first-order valence-corrected chi connectivity index (χ1v) is 8.34. The summed E-state index contributed by atoms with van der Waals surface area (Å²) in [6, 6.07) is 18.1. The standard InChI is InChI=1S/C21H17FN4/c1-14-9-10-15(2)18(12-14)20-21(26-11-4-3-8-19(26)23-20)25-24-17-7-5-6-16(22)13-17/h3-13H,1-2H3. The van der Waals surface area contributed by atoms with E-state index in [1.54, 1.807) is 12.1 Å². The quantitative estimate of drug-likeness (QED) is 0.410. The number of hydrogen-bond acceptors (Lipinski definition) is 3. The zero-order valence-corrected chi connectivity index (χ0v) is 14.5. The lowest BCUT2D eigenvalue weighted by Gasteiger charge is -2.05. The van der Waals surface area contributed by atoms with E-state index in [0.717, 1.165) is 28.0 Å². The molecule has 26 heavy (non-hydrogen) atoms. The van der Waals surface area contributed by atoms with Crippen LogP contribution in [0.4, 0.5) is 15.9 Å². The average molecular weight is 344 g/mol. The van der Waals surface area contributed by atoms with Crippen molar-refractivity contribution in [2.24, 2.45) is 10.2 Å². The highest BCUT2D eigenvalue weighted by molar-refractivity contribution is 5.77. The molecule has 0 aliphatic carbocycles. The number of hydrogen-bond donors (Lipinski definition) is 0. The van der Waals surface area contributed by atoms with Crippen LogP contribution >= 0.6 is 0 Å². The van der Waals surface area contributed by atoms with Gasteiger partial charge in [-0.05, 0) is 49.7 Å². The van der Waals surface area contributed by atoms with Gasteiger partial charge in [0.05, 0.1) is 5.69 Å². The smallest absolute Gasteiger partial charge is 0.187 e. The van der Waals surface area contributed by atoms with E-state index >= 15 is 0 Å². The summed E-state index contributed by atoms with van der Waals surface area (Å²) in [7, 11) is 0. The fraction of sp³-hybridized carbons (Fsp3) is 0.0952. The van der Waals surface area contributed by atoms with Crippen molar-refractivity contribution >= 4 is 17.2 Å². The molecular weight excluding hydrogens is 327 g/mol. The van der Waals surface area contributed by atoms with Crippen LogP contribution in [0.25, 0.3) is 16.9 Å². The van der Waals surface area contributed by atoms with Crippen LogP contribution in [0.3, 0.4) is 0 Å². The summed E-state index contributed by atoms with van der Waals surface area (Å²) in [5, 5.41) is 8.63. The predicted octanol–water partition coefficient (Wildman–Crippen LogP) is 6.17. The second-order valence-electron chi connectivity index (χ2n) is 6.21. The van der Waals surface area contributed by atoms with Gasteiger partial charge in [0.1, 0.15) is 17.2 Å². The maximum atomic E-state index is 13.4. The highest BCUT2D eigenvalue weighted by Crippen LogP contribution is 2.34. The minimum absolute atomic E-state index is 0.339. The number of nitrogens with zero attached hydrogens (tertiary/aromatic N) is 4. The highest BCUT2D eigenvalue weighted by atomic mass is 19.1. The summed E-state index contributed by atoms with van der Waals surface area (Å²) in [5.41, 5.74) is 5.29. The van der Waals surface area contributed by atoms with Gasteiger partial charge in [0.2, 0.25) is 0 Å². The molecule has 0 radical (unpaired) electrons. The molecule has 0 saturated heterocycles. The molecule has 4 nitrogen and oxygen atoms in total. The van der Waals surface area contributed by atoms with Crippen molar-refractivity contribution in [2.45, 2.75) is 13.8 Å². The van der Waals surface area contributed by atoms with Gasteiger partial charge in [-0.2, -0.15) is 0 Å². The summed E-state index contributed by atoms with van der Waals surface area (Å²) in [4.78, 5) is 4.75. The van der Waals surface area contributed by atoms with Crippen LogP contribution in [-0.4, -0.2) is 9.38 Å². The normalized spacial score (nSPS) is 11.5. The van der Waals surface area contributed by atoms with Crippen LogP contribution in [-0.2, 0) is 0 Å². The fourth-order valence-corrected chi connectivity index (χ4v) is 2.89. The van der Waals surface area contributed by atoms with Gasteiger partial charge in [-0.3, -0.25) is 4.40 Å². The fourth-order valence-electron chi connectivity index (χ4n) is 2.89. The first-order chi connectivity index (χ1) is 12.6. The molecule has 0 N–H and O–H groups in total. The third kappa shape index (κ3) is 2.99. The Morgan fingerprint density at radius 1 is 0.923 bits per heavy atom. The first-order valence-electron chi connectivity index (χ1n) is 8.34. The molecule has 4 rings (SSSR count). The van der Waals surface area contributed by atoms with Crippen LogP contribution in [0.5, 0.6) is 0 Å². The van der Waals surface area contributed by atoms with Gasteiger partial charge in [-0.15, -0.1) is 10.2 Å². The van der Waals surface area contributed by atoms with Crippen LogP contribution < -0.4 is 0 Å². The Bertz CT molecular complexity index is 1130. The van der Waals surface area contributed by atoms with Gasteiger partial charge in [0.25, 0.3) is 0 Å². The molecule has 0 spiro atoms. The molecule has 0 atom stereocenters. The molecule has 0 amide bonds. The summed E-state index contributed by atoms with van der Waals surface area (Å²) >= 11 is 0. The van der Waals surface area contributed by atoms with E-state index in [9.17, 15) is 4.39 Å². The molecule has 2 aromatic heterocycles. The molecule has 5 heteroatoms. The van der Waals surface area contributed by atoms with E-state index in [2.05, 4.69) is 28.4 Å². The van der Waals surface area contributed by atoms with Gasteiger partial charge >= 0.3 is 0 Å². The van der Waals surface area contributed by atoms with E-state index < -0.39 is 0 Å². The number of imidazole rings is 1. The van der Waals surface area contributed by atoms with Crippen molar-refractivity contribution in [3.8, 4) is 11.3 Å². The van der Waals surface area contributed by atoms with E-state index in [-0.39, 0.29) is 5.82 Å². The number of azo groups is 1. The second kappa shape index (κ2) is 6.52. The Labute approximate surface area is 150 Å². The highest BCUT2D eigenvalue weighted by Gasteiger charge is 2.15. The first kappa shape index (κ1) is 16.1. The summed E-state index contributed by atoms with van der Waals surface area (Å²) < 4.78 is 15.3. The van der Waals surface area contributed by atoms with Gasteiger partial charge in [0, 0.05) is 17.8 Å². The zero-order valence-electron chi connectivity index (χ0n) is 14.5. The van der Waals surface area contributed by atoms with Gasteiger partial charge < -0.3 is 0 Å². The number of benzene rings is 2. The molecule has 2 aromatic carbocycles. The molecule has 2 heterocycles. The Kier molecular flexibility index (Phi) is 4.05. The largest absolute Gasteiger partial charge is 0.283 e. The van der Waals surface area contributed by atoms with Gasteiger partial charge in [0.15, 0.2) is 5.82 Å². The Hall–Kier alpha value is -3.34. The molecule has 4 aromatic rings. The molecular formula is C21H17FN4. The van der Waals surface area contributed by atoms with Crippen LogP contribution in [0.2, 0.25) is 0 Å². The van der Waals surface area contributed by atoms with E-state index in [1.165, 1.54) is 12.1 Å². The minimum atomic E-state index is -0.339. The van der Waals surface area contributed by atoms with Crippen molar-refractivity contribution < 1.29 is 4.39 Å². The van der Waals surface area contributed by atoms with Crippen LogP contribution in [0.15, 0.2) is 77.1 Å². The summed E-state index contributed by atoms with van der Waals surface area (Å²) in [6.07, 6.45) is 1.90. The predicted molar refractivity (Wildman–Crippen MR) is 101 cm³/mol. The molecule has 0 aliphatic rings. The molecule has 0 aliphatic heterocycles. The molecule has 0 saturated carbocycles. The SMILES string of the molecule is Cc1ccc(C)c(-c2nc3ccccn3c2N=Nc2cccc(F)c2)c1. The lowest BCUT2D eigenvalue weighted by molar-refractivity contribution is 0.628. The van der Waals surface area contributed by atoms with Crippen molar-refractivity contribution in [2.75, 3.05) is 0 Å². The zero-order chi connectivity index (χ0) is 18.1. The number of aromatic nitrogens is 2. The second-order valence-corrected chi connectivity index (χ2v) is 6.21. The maximum absolute atomic E-state index is 13.4. The van der Waals surface area contributed by atoms with Gasteiger partial charge in [-0.25, -0.2) is 9.37 Å². The van der Waals surface area contributed by atoms with Gasteiger partial charge in [-0.1, -0.05) is 29.8 Å². The van der Waals surface area contributed by atoms with Crippen LogP contribution in [0, 0.1) is 19.7 Å². The van der Waals surface area contributed by atoms with E-state index in [4.69, 9.17) is 4.98 Å². The Morgan fingerprint density at radius 2 is 1.81 bits per heavy atom. The van der Waals surface area contributed by atoms with E-state index in [0.29, 0.717) is 11.5 Å². The van der Waals surface area contributed by atoms with E-state index in [1.807, 2.05) is 42.6 Å². The Morgan fingerprint density at radius 3 is 2.65 bits per heavy atom. The monoisotopic (exact) mass is 344 g/mol. The summed E-state index contributed by atoms with van der Waals surface area (Å²) in [5.74, 6) is 0.285. The van der Waals surface area contributed by atoms with Crippen molar-refractivity contribution in [3.63, 3.8) is 0 Å². The summed E-state index contributed by atoms with van der Waals surface area (Å²) in [6.45, 7) is 4.10. The van der Waals surface area contributed by atoms with Crippen molar-refractivity contribution in [1.82, 2.24) is 9.38 Å². The average Bonchev–Trinajstić information content (AvgIpc) is 3.00. The molecule has 0 bridgehead atoms. The third-order valence-electron chi connectivity index (χ3n) is 4.22. The minimum Gasteiger partial charge on any atom is -0.283 e. The molecule has 0 fully saturated rings. The van der Waals surface area contributed by atoms with Crippen molar-refractivity contribution in [3.05, 3.63) is 83.8 Å². The number of halogens is 1. The number of pyridine rings is 1. The maximum Gasteiger partial charge on any atom is 0.187 e. The van der Waals surface area contributed by atoms with Crippen molar-refractivity contribution in [1.29, 1.82) is 0 Å². The number of aryl methyl sites for hydroxylation is 2. The third-order valence-corrected chi connectivity index (χ3v) is 4.22. The Balaban J connectivity index is 1.91. The molecule has 128 valence electrons. The lowest BCUT2D eigenvalue weighted by Crippen LogP contribution is -1.86. The topological polar surface area (TPSA) is 42.0 Å². The number of fused-ring (bicyclic) bond motifs is 1. The molecule has 0 unspecified atom stereocenters.